The van der Waals surface area contributed by atoms with Crippen molar-refractivity contribution >= 4 is 46.4 Å². The number of rotatable bonds is 5. The molecule has 0 bridgehead atoms. The Morgan fingerprint density at radius 1 is 1.35 bits per heavy atom. The van der Waals surface area contributed by atoms with Gasteiger partial charge in [-0.2, -0.15) is 0 Å². The van der Waals surface area contributed by atoms with E-state index in [1.54, 1.807) is 11.3 Å². The number of piperazine rings is 1. The normalized spacial score (nSPS) is 16.1. The van der Waals surface area contributed by atoms with Crippen molar-refractivity contribution in [3.63, 3.8) is 0 Å². The standard InChI is InChI=1S/C13H23N5S.HI/c1-2-3-4-5-15-12(14)17-7-9-18(10-8-17)13-16-6-11-19-13;/h6,11H,2-5,7-10H2,1H3,(H2,14,15);1H. The Morgan fingerprint density at radius 3 is 2.70 bits per heavy atom. The zero-order chi connectivity index (χ0) is 13.5. The summed E-state index contributed by atoms with van der Waals surface area (Å²) in [4.78, 5) is 13.3. The molecule has 0 atom stereocenters. The number of aliphatic imine (C=N–C) groups is 1. The molecule has 2 rings (SSSR count). The predicted octanol–water partition coefficient (Wildman–Crippen LogP) is 2.39. The molecule has 0 aliphatic carbocycles. The zero-order valence-corrected chi connectivity index (χ0v) is 15.1. The van der Waals surface area contributed by atoms with Gasteiger partial charge < -0.3 is 15.5 Å². The number of nitrogens with two attached hydrogens (primary N) is 1. The highest BCUT2D eigenvalue weighted by Crippen LogP contribution is 2.18. The zero-order valence-electron chi connectivity index (χ0n) is 12.0. The fourth-order valence-corrected chi connectivity index (χ4v) is 2.85. The number of halogens is 1. The molecule has 5 nitrogen and oxygen atoms in total. The molecule has 2 N–H and O–H groups in total. The van der Waals surface area contributed by atoms with E-state index >= 15 is 0 Å². The van der Waals surface area contributed by atoms with E-state index in [0.29, 0.717) is 5.96 Å². The largest absolute Gasteiger partial charge is 0.370 e. The van der Waals surface area contributed by atoms with Crippen molar-refractivity contribution in [3.8, 4) is 0 Å². The highest BCUT2D eigenvalue weighted by Gasteiger charge is 2.19. The second-order valence-corrected chi connectivity index (χ2v) is 5.61. The lowest BCUT2D eigenvalue weighted by Crippen LogP contribution is -2.51. The van der Waals surface area contributed by atoms with Crippen LogP contribution >= 0.6 is 35.3 Å². The van der Waals surface area contributed by atoms with Gasteiger partial charge in [0, 0.05) is 44.3 Å². The molecule has 1 aliphatic heterocycles. The van der Waals surface area contributed by atoms with Crippen LogP contribution in [0.5, 0.6) is 0 Å². The summed E-state index contributed by atoms with van der Waals surface area (Å²) in [6.07, 6.45) is 5.45. The maximum Gasteiger partial charge on any atom is 0.191 e. The first-order valence-corrected chi connectivity index (χ1v) is 7.88. The molecule has 2 heterocycles. The van der Waals surface area contributed by atoms with Crippen LogP contribution in [0.15, 0.2) is 16.6 Å². The smallest absolute Gasteiger partial charge is 0.191 e. The molecule has 1 aromatic heterocycles. The van der Waals surface area contributed by atoms with Crippen LogP contribution < -0.4 is 10.6 Å². The topological polar surface area (TPSA) is 57.8 Å². The molecule has 1 saturated heterocycles. The first kappa shape index (κ1) is 17.5. The number of guanidine groups is 1. The third kappa shape index (κ3) is 5.08. The quantitative estimate of drug-likeness (QED) is 0.351. The number of nitrogens with zero attached hydrogens (tertiary/aromatic N) is 4. The minimum absolute atomic E-state index is 0. The van der Waals surface area contributed by atoms with Gasteiger partial charge in [0.2, 0.25) is 0 Å². The number of unbranched alkanes of at least 4 members (excludes halogenated alkanes) is 2. The van der Waals surface area contributed by atoms with Crippen molar-refractivity contribution < 1.29 is 0 Å². The molecule has 20 heavy (non-hydrogen) atoms. The van der Waals surface area contributed by atoms with Crippen LogP contribution in [-0.2, 0) is 0 Å². The summed E-state index contributed by atoms with van der Waals surface area (Å²) < 4.78 is 0. The highest BCUT2D eigenvalue weighted by atomic mass is 127. The lowest BCUT2D eigenvalue weighted by molar-refractivity contribution is 0.380. The average Bonchev–Trinajstić information content (AvgIpc) is 2.98. The SMILES string of the molecule is CCCCCN=C(N)N1CCN(c2nccs2)CC1.I. The van der Waals surface area contributed by atoms with E-state index in [9.17, 15) is 0 Å². The number of aromatic nitrogens is 1. The Kier molecular flexibility index (Phi) is 8.20. The van der Waals surface area contributed by atoms with E-state index in [4.69, 9.17) is 5.73 Å². The van der Waals surface area contributed by atoms with Crippen LogP contribution in [0, 0.1) is 0 Å². The van der Waals surface area contributed by atoms with Crippen LogP contribution in [-0.4, -0.2) is 48.6 Å². The van der Waals surface area contributed by atoms with Crippen molar-refractivity contribution in [1.82, 2.24) is 9.88 Å². The molecule has 0 saturated carbocycles. The first-order chi connectivity index (χ1) is 9.31. The number of hydrogen-bond donors (Lipinski definition) is 1. The molecule has 0 aromatic carbocycles. The number of thiazole rings is 1. The molecule has 1 aliphatic rings. The molecule has 0 amide bonds. The van der Waals surface area contributed by atoms with Crippen LogP contribution in [0.4, 0.5) is 5.13 Å². The summed E-state index contributed by atoms with van der Waals surface area (Å²) >= 11 is 1.69. The Hall–Kier alpha value is -0.570. The van der Waals surface area contributed by atoms with E-state index in [1.807, 2.05) is 11.6 Å². The maximum absolute atomic E-state index is 6.04. The number of hydrogen-bond acceptors (Lipinski definition) is 4. The fourth-order valence-electron chi connectivity index (χ4n) is 2.15. The van der Waals surface area contributed by atoms with Gasteiger partial charge in [0.25, 0.3) is 0 Å². The molecule has 7 heteroatoms. The summed E-state index contributed by atoms with van der Waals surface area (Å²) in [6, 6.07) is 0. The van der Waals surface area contributed by atoms with Gasteiger partial charge in [-0.25, -0.2) is 4.98 Å². The monoisotopic (exact) mass is 409 g/mol. The Morgan fingerprint density at radius 2 is 2.10 bits per heavy atom. The van der Waals surface area contributed by atoms with Gasteiger partial charge in [-0.1, -0.05) is 19.8 Å². The molecule has 114 valence electrons. The van der Waals surface area contributed by atoms with E-state index in [2.05, 4.69) is 26.7 Å². The third-order valence-electron chi connectivity index (χ3n) is 3.33. The van der Waals surface area contributed by atoms with Gasteiger partial charge in [-0.15, -0.1) is 35.3 Å². The van der Waals surface area contributed by atoms with E-state index in [-0.39, 0.29) is 24.0 Å². The molecular weight excluding hydrogens is 385 g/mol. The van der Waals surface area contributed by atoms with E-state index in [1.165, 1.54) is 12.8 Å². The number of anilines is 1. The Labute approximate surface area is 142 Å². The van der Waals surface area contributed by atoms with Crippen LogP contribution in [0.2, 0.25) is 0 Å². The average molecular weight is 409 g/mol. The minimum Gasteiger partial charge on any atom is -0.370 e. The van der Waals surface area contributed by atoms with E-state index in [0.717, 1.165) is 44.3 Å². The molecular formula is C13H24IN5S. The molecule has 0 spiro atoms. The fraction of sp³-hybridized carbons (Fsp3) is 0.692. The maximum atomic E-state index is 6.04. The lowest BCUT2D eigenvalue weighted by atomic mass is 10.2. The molecule has 1 fully saturated rings. The van der Waals surface area contributed by atoms with Crippen molar-refractivity contribution in [3.05, 3.63) is 11.6 Å². The van der Waals surface area contributed by atoms with Gasteiger partial charge in [-0.05, 0) is 6.42 Å². The second kappa shape index (κ2) is 9.38. The molecule has 1 aromatic rings. The Bertz CT molecular complexity index is 387. The summed E-state index contributed by atoms with van der Waals surface area (Å²) in [5.74, 6) is 0.704. The van der Waals surface area contributed by atoms with Gasteiger partial charge in [0.15, 0.2) is 11.1 Å². The molecule has 0 unspecified atom stereocenters. The summed E-state index contributed by atoms with van der Waals surface area (Å²) in [6.45, 7) is 6.86. The minimum atomic E-state index is 0. The summed E-state index contributed by atoms with van der Waals surface area (Å²) in [5.41, 5.74) is 6.04. The van der Waals surface area contributed by atoms with Crippen LogP contribution in [0.25, 0.3) is 0 Å². The second-order valence-electron chi connectivity index (χ2n) is 4.74. The van der Waals surface area contributed by atoms with Gasteiger partial charge in [0.05, 0.1) is 0 Å². The van der Waals surface area contributed by atoms with Crippen molar-refractivity contribution in [1.29, 1.82) is 0 Å². The van der Waals surface area contributed by atoms with Crippen molar-refractivity contribution in [2.24, 2.45) is 10.7 Å². The van der Waals surface area contributed by atoms with Gasteiger partial charge in [0.1, 0.15) is 0 Å². The summed E-state index contributed by atoms with van der Waals surface area (Å²) in [5, 5.41) is 3.13. The van der Waals surface area contributed by atoms with Gasteiger partial charge in [-0.3, -0.25) is 4.99 Å². The van der Waals surface area contributed by atoms with Gasteiger partial charge >= 0.3 is 0 Å². The van der Waals surface area contributed by atoms with Crippen LogP contribution in [0.3, 0.4) is 0 Å². The molecule has 0 radical (unpaired) electrons. The first-order valence-electron chi connectivity index (χ1n) is 7.00. The van der Waals surface area contributed by atoms with E-state index < -0.39 is 0 Å². The van der Waals surface area contributed by atoms with Crippen molar-refractivity contribution in [2.75, 3.05) is 37.6 Å². The highest BCUT2D eigenvalue weighted by molar-refractivity contribution is 14.0. The summed E-state index contributed by atoms with van der Waals surface area (Å²) in [7, 11) is 0. The Balaban J connectivity index is 0.00000200. The van der Waals surface area contributed by atoms with Crippen molar-refractivity contribution in [2.45, 2.75) is 26.2 Å². The lowest BCUT2D eigenvalue weighted by Gasteiger charge is -2.35. The predicted molar refractivity (Wildman–Crippen MR) is 97.3 cm³/mol. The van der Waals surface area contributed by atoms with Crippen LogP contribution in [0.1, 0.15) is 26.2 Å². The third-order valence-corrected chi connectivity index (χ3v) is 4.16.